The highest BCUT2D eigenvalue weighted by molar-refractivity contribution is 5.79. The predicted octanol–water partition coefficient (Wildman–Crippen LogP) is 3.12. The Kier molecular flexibility index (Phi) is 3.78. The molecule has 0 atom stereocenters. The van der Waals surface area contributed by atoms with Crippen LogP contribution in [0.5, 0.6) is 0 Å². The van der Waals surface area contributed by atoms with E-state index in [-0.39, 0.29) is 0 Å². The van der Waals surface area contributed by atoms with E-state index in [4.69, 9.17) is 5.73 Å². The first-order chi connectivity index (χ1) is 8.81. The molecule has 88 valence electrons. The van der Waals surface area contributed by atoms with E-state index in [0.29, 0.717) is 17.7 Å². The molecule has 2 aromatic carbocycles. The molecule has 0 radical (unpaired) electrons. The molecule has 0 saturated carbocycles. The molecular formula is C16H14N2. The van der Waals surface area contributed by atoms with Gasteiger partial charge in [0.15, 0.2) is 0 Å². The summed E-state index contributed by atoms with van der Waals surface area (Å²) in [6.07, 6.45) is 0.596. The summed E-state index contributed by atoms with van der Waals surface area (Å²) in [5, 5.41) is 9.24. The van der Waals surface area contributed by atoms with Crippen molar-refractivity contribution in [2.24, 2.45) is 5.73 Å². The second kappa shape index (κ2) is 5.70. The second-order valence-corrected chi connectivity index (χ2v) is 4.04. The molecule has 2 N–H and O–H groups in total. The maximum absolute atomic E-state index is 9.24. The highest BCUT2D eigenvalue weighted by Gasteiger charge is 2.06. The van der Waals surface area contributed by atoms with E-state index in [9.17, 15) is 5.26 Å². The van der Waals surface area contributed by atoms with Crippen molar-refractivity contribution in [2.45, 2.75) is 6.42 Å². The SMILES string of the molecule is N#C/C(=C(\N)Cc1ccccc1)c1ccccc1. The number of benzene rings is 2. The molecule has 2 aromatic rings. The zero-order valence-electron chi connectivity index (χ0n) is 10.0. The van der Waals surface area contributed by atoms with Crippen LogP contribution in [-0.4, -0.2) is 0 Å². The van der Waals surface area contributed by atoms with Crippen molar-refractivity contribution in [1.82, 2.24) is 0 Å². The molecule has 18 heavy (non-hydrogen) atoms. The number of nitrogens with two attached hydrogens (primary N) is 1. The summed E-state index contributed by atoms with van der Waals surface area (Å²) < 4.78 is 0. The van der Waals surface area contributed by atoms with Crippen molar-refractivity contribution < 1.29 is 0 Å². The van der Waals surface area contributed by atoms with E-state index in [1.807, 2.05) is 60.7 Å². The summed E-state index contributed by atoms with van der Waals surface area (Å²) in [6, 6.07) is 21.6. The van der Waals surface area contributed by atoms with Gasteiger partial charge < -0.3 is 5.73 Å². The van der Waals surface area contributed by atoms with Gasteiger partial charge in [-0.3, -0.25) is 0 Å². The van der Waals surface area contributed by atoms with Gasteiger partial charge in [-0.1, -0.05) is 60.7 Å². The standard InChI is InChI=1S/C16H14N2/c17-12-15(14-9-5-2-6-10-14)16(18)11-13-7-3-1-4-8-13/h1-10H,11,18H2/b16-15+. The first-order valence-corrected chi connectivity index (χ1v) is 5.79. The Morgan fingerprint density at radius 1 is 0.944 bits per heavy atom. The van der Waals surface area contributed by atoms with Gasteiger partial charge in [0.25, 0.3) is 0 Å². The van der Waals surface area contributed by atoms with Crippen LogP contribution in [0.15, 0.2) is 66.4 Å². The lowest BCUT2D eigenvalue weighted by atomic mass is 10.0. The fraction of sp³-hybridized carbons (Fsp3) is 0.0625. The quantitative estimate of drug-likeness (QED) is 0.829. The van der Waals surface area contributed by atoms with E-state index in [1.165, 1.54) is 0 Å². The van der Waals surface area contributed by atoms with E-state index in [2.05, 4.69) is 6.07 Å². The Labute approximate surface area is 107 Å². The normalized spacial score (nSPS) is 11.5. The van der Waals surface area contributed by atoms with Crippen molar-refractivity contribution in [3.8, 4) is 6.07 Å². The third kappa shape index (κ3) is 2.78. The lowest BCUT2D eigenvalue weighted by Gasteiger charge is -2.06. The Hall–Kier alpha value is -2.53. The van der Waals surface area contributed by atoms with Gasteiger partial charge in [0, 0.05) is 12.1 Å². The molecule has 0 aliphatic carbocycles. The Morgan fingerprint density at radius 3 is 2.06 bits per heavy atom. The molecule has 0 unspecified atom stereocenters. The van der Waals surface area contributed by atoms with Gasteiger partial charge in [0.2, 0.25) is 0 Å². The van der Waals surface area contributed by atoms with E-state index < -0.39 is 0 Å². The summed E-state index contributed by atoms with van der Waals surface area (Å²) in [6.45, 7) is 0. The van der Waals surface area contributed by atoms with Crippen molar-refractivity contribution in [2.75, 3.05) is 0 Å². The van der Waals surface area contributed by atoms with Crippen LogP contribution in [0.2, 0.25) is 0 Å². The third-order valence-electron chi connectivity index (χ3n) is 2.73. The molecule has 0 saturated heterocycles. The summed E-state index contributed by atoms with van der Waals surface area (Å²) >= 11 is 0. The molecule has 0 heterocycles. The fourth-order valence-electron chi connectivity index (χ4n) is 1.83. The van der Waals surface area contributed by atoms with Crippen molar-refractivity contribution in [3.63, 3.8) is 0 Å². The lowest BCUT2D eigenvalue weighted by Crippen LogP contribution is -2.05. The monoisotopic (exact) mass is 234 g/mol. The maximum atomic E-state index is 9.24. The number of nitrogens with zero attached hydrogens (tertiary/aromatic N) is 1. The van der Waals surface area contributed by atoms with Crippen LogP contribution >= 0.6 is 0 Å². The topological polar surface area (TPSA) is 49.8 Å². The maximum Gasteiger partial charge on any atom is 0.102 e. The average Bonchev–Trinajstić information content (AvgIpc) is 2.42. The number of allylic oxidation sites excluding steroid dienone is 2. The number of hydrogen-bond donors (Lipinski definition) is 1. The van der Waals surface area contributed by atoms with Crippen LogP contribution in [0.4, 0.5) is 0 Å². The van der Waals surface area contributed by atoms with E-state index >= 15 is 0 Å². The molecule has 0 aliphatic heterocycles. The number of rotatable bonds is 3. The first-order valence-electron chi connectivity index (χ1n) is 5.79. The number of hydrogen-bond acceptors (Lipinski definition) is 2. The van der Waals surface area contributed by atoms with E-state index in [1.54, 1.807) is 0 Å². The van der Waals surface area contributed by atoms with Gasteiger partial charge in [-0.25, -0.2) is 0 Å². The molecule has 2 rings (SSSR count). The molecule has 0 bridgehead atoms. The molecule has 2 heteroatoms. The zero-order chi connectivity index (χ0) is 12.8. The van der Waals surface area contributed by atoms with E-state index in [0.717, 1.165) is 11.1 Å². The van der Waals surface area contributed by atoms with Gasteiger partial charge in [-0.15, -0.1) is 0 Å². The van der Waals surface area contributed by atoms with Crippen LogP contribution in [-0.2, 0) is 6.42 Å². The highest BCUT2D eigenvalue weighted by Crippen LogP contribution is 2.17. The molecule has 0 amide bonds. The zero-order valence-corrected chi connectivity index (χ0v) is 10.0. The first kappa shape index (κ1) is 11.9. The van der Waals surface area contributed by atoms with Gasteiger partial charge >= 0.3 is 0 Å². The third-order valence-corrected chi connectivity index (χ3v) is 2.73. The van der Waals surface area contributed by atoms with Gasteiger partial charge in [-0.2, -0.15) is 5.26 Å². The molecule has 0 spiro atoms. The minimum Gasteiger partial charge on any atom is -0.401 e. The van der Waals surface area contributed by atoms with Crippen molar-refractivity contribution >= 4 is 5.57 Å². The predicted molar refractivity (Wildman–Crippen MR) is 73.3 cm³/mol. The Bertz CT molecular complexity index is 577. The smallest absolute Gasteiger partial charge is 0.102 e. The fourth-order valence-corrected chi connectivity index (χ4v) is 1.83. The largest absolute Gasteiger partial charge is 0.401 e. The van der Waals surface area contributed by atoms with Crippen LogP contribution in [0, 0.1) is 11.3 Å². The van der Waals surface area contributed by atoms with Crippen LogP contribution in [0.1, 0.15) is 11.1 Å². The summed E-state index contributed by atoms with van der Waals surface area (Å²) in [5.41, 5.74) is 9.19. The van der Waals surface area contributed by atoms with Gasteiger partial charge in [0.05, 0.1) is 5.57 Å². The minimum atomic E-state index is 0.555. The molecule has 0 aromatic heterocycles. The lowest BCUT2D eigenvalue weighted by molar-refractivity contribution is 1.12. The summed E-state index contributed by atoms with van der Waals surface area (Å²) in [7, 11) is 0. The van der Waals surface area contributed by atoms with Crippen molar-refractivity contribution in [1.29, 1.82) is 5.26 Å². The van der Waals surface area contributed by atoms with Crippen LogP contribution in [0.3, 0.4) is 0 Å². The Balaban J connectivity index is 2.31. The van der Waals surface area contributed by atoms with Gasteiger partial charge in [0.1, 0.15) is 6.07 Å². The second-order valence-electron chi connectivity index (χ2n) is 4.04. The minimum absolute atomic E-state index is 0.555. The molecular weight excluding hydrogens is 220 g/mol. The summed E-state index contributed by atoms with van der Waals surface area (Å²) in [4.78, 5) is 0. The molecule has 0 fully saturated rings. The highest BCUT2D eigenvalue weighted by atomic mass is 14.6. The summed E-state index contributed by atoms with van der Waals surface area (Å²) in [5.74, 6) is 0. The van der Waals surface area contributed by atoms with Crippen LogP contribution in [0.25, 0.3) is 5.57 Å². The van der Waals surface area contributed by atoms with Gasteiger partial charge in [-0.05, 0) is 11.1 Å². The molecule has 0 aliphatic rings. The molecule has 2 nitrogen and oxygen atoms in total. The Morgan fingerprint density at radius 2 is 1.50 bits per heavy atom. The van der Waals surface area contributed by atoms with Crippen LogP contribution < -0.4 is 5.73 Å². The van der Waals surface area contributed by atoms with Crippen molar-refractivity contribution in [3.05, 3.63) is 77.5 Å². The number of nitriles is 1. The average molecular weight is 234 g/mol.